The van der Waals surface area contributed by atoms with Gasteiger partial charge in [-0.1, -0.05) is 12.1 Å². The molecule has 0 radical (unpaired) electrons. The van der Waals surface area contributed by atoms with Gasteiger partial charge in [-0.2, -0.15) is 0 Å². The van der Waals surface area contributed by atoms with Gasteiger partial charge in [-0.3, -0.25) is 0 Å². The maximum Gasteiger partial charge on any atom is 0.335 e. The molecule has 2 aromatic rings. The summed E-state index contributed by atoms with van der Waals surface area (Å²) in [5.74, 6) is -1.23. The number of fused-ring (bicyclic) bond motifs is 2. The molecule has 1 aliphatic rings. The molecule has 0 amide bonds. The van der Waals surface area contributed by atoms with Gasteiger partial charge in [-0.15, -0.1) is 0 Å². The molecule has 0 saturated carbocycles. The summed E-state index contributed by atoms with van der Waals surface area (Å²) in [6.45, 7) is 0. The number of benzene rings is 2. The lowest BCUT2D eigenvalue weighted by atomic mass is 10.2. The summed E-state index contributed by atoms with van der Waals surface area (Å²) in [4.78, 5) is 11.1. The van der Waals surface area contributed by atoms with Crippen molar-refractivity contribution in [2.45, 2.75) is 19.6 Å². The van der Waals surface area contributed by atoms with Gasteiger partial charge < -0.3 is 5.11 Å². The third kappa shape index (κ3) is 1.70. The number of aromatic carboxylic acids is 1. The van der Waals surface area contributed by atoms with Crippen molar-refractivity contribution in [2.24, 2.45) is 0 Å². The van der Waals surface area contributed by atoms with Crippen LogP contribution in [0.25, 0.3) is 0 Å². The van der Waals surface area contributed by atoms with E-state index >= 15 is 0 Å². The van der Waals surface area contributed by atoms with Crippen LogP contribution in [0, 0.1) is 0 Å². The molecule has 1 heterocycles. The zero-order valence-electron chi connectivity index (χ0n) is 9.94. The van der Waals surface area contributed by atoms with Crippen LogP contribution in [0.2, 0.25) is 0 Å². The zero-order chi connectivity index (χ0) is 14.5. The Morgan fingerprint density at radius 3 is 2.35 bits per heavy atom. The fraction of sp³-hybridized carbons (Fsp3) is 0. The fourth-order valence-electron chi connectivity index (χ4n) is 2.07. The maximum absolute atomic E-state index is 12.5. The Morgan fingerprint density at radius 1 is 1.00 bits per heavy atom. The third-order valence-corrected chi connectivity index (χ3v) is 6.64. The van der Waals surface area contributed by atoms with Crippen molar-refractivity contribution in [1.82, 2.24) is 0 Å². The molecule has 1 aliphatic heterocycles. The highest BCUT2D eigenvalue weighted by molar-refractivity contribution is 7.95. The average molecular weight is 308 g/mol. The molecule has 0 fully saturated rings. The number of carboxylic acid groups (broad SMARTS) is 1. The van der Waals surface area contributed by atoms with E-state index in [1.807, 2.05) is 0 Å². The Balaban J connectivity index is 2.38. The predicted molar refractivity (Wildman–Crippen MR) is 70.0 cm³/mol. The van der Waals surface area contributed by atoms with Gasteiger partial charge in [-0.05, 0) is 30.3 Å². The molecular formula is C13H8O5S2. The van der Waals surface area contributed by atoms with E-state index in [9.17, 15) is 17.4 Å². The first kappa shape index (κ1) is 13.0. The van der Waals surface area contributed by atoms with Crippen molar-refractivity contribution in [3.05, 3.63) is 48.0 Å². The minimum Gasteiger partial charge on any atom is -0.478 e. The van der Waals surface area contributed by atoms with E-state index < -0.39 is 26.6 Å². The Bertz CT molecular complexity index is 868. The normalized spacial score (nSPS) is 18.9. The monoisotopic (exact) mass is 308 g/mol. The lowest BCUT2D eigenvalue weighted by Gasteiger charge is -2.19. The van der Waals surface area contributed by atoms with Gasteiger partial charge in [-0.25, -0.2) is 17.4 Å². The second-order valence-corrected chi connectivity index (χ2v) is 7.49. The van der Waals surface area contributed by atoms with Gasteiger partial charge in [0.2, 0.25) is 9.84 Å². The van der Waals surface area contributed by atoms with E-state index in [0.29, 0.717) is 0 Å². The summed E-state index contributed by atoms with van der Waals surface area (Å²) >= 11 is 0. The first-order valence-corrected chi connectivity index (χ1v) is 8.19. The minimum absolute atomic E-state index is 0.0339. The van der Waals surface area contributed by atoms with E-state index in [4.69, 9.17) is 5.11 Å². The molecule has 2 aromatic carbocycles. The molecule has 20 heavy (non-hydrogen) atoms. The van der Waals surface area contributed by atoms with Crippen molar-refractivity contribution in [3.8, 4) is 0 Å². The zero-order valence-corrected chi connectivity index (χ0v) is 11.6. The molecule has 5 nitrogen and oxygen atoms in total. The summed E-state index contributed by atoms with van der Waals surface area (Å²) in [6.07, 6.45) is 0. The maximum atomic E-state index is 12.5. The molecule has 1 atom stereocenters. The van der Waals surface area contributed by atoms with Crippen LogP contribution in [0.3, 0.4) is 0 Å². The third-order valence-electron chi connectivity index (χ3n) is 3.02. The number of rotatable bonds is 1. The molecule has 0 spiro atoms. The van der Waals surface area contributed by atoms with Crippen LogP contribution in [0.15, 0.2) is 62.0 Å². The smallest absolute Gasteiger partial charge is 0.335 e. The van der Waals surface area contributed by atoms with Gasteiger partial charge >= 0.3 is 5.97 Å². The summed E-state index contributed by atoms with van der Waals surface area (Å²) in [7, 11) is -5.48. The average Bonchev–Trinajstić information content (AvgIpc) is 2.44. The van der Waals surface area contributed by atoms with Gasteiger partial charge in [0.15, 0.2) is 0 Å². The Morgan fingerprint density at radius 2 is 1.65 bits per heavy atom. The second-order valence-electron chi connectivity index (χ2n) is 4.19. The van der Waals surface area contributed by atoms with E-state index in [1.165, 1.54) is 24.3 Å². The number of hydrogen-bond donors (Lipinski definition) is 1. The van der Waals surface area contributed by atoms with Crippen molar-refractivity contribution < 1.29 is 22.5 Å². The molecular weight excluding hydrogens is 300 g/mol. The minimum atomic E-state index is -3.85. The lowest BCUT2D eigenvalue weighted by molar-refractivity contribution is 0.0696. The van der Waals surface area contributed by atoms with E-state index in [-0.39, 0.29) is 25.1 Å². The summed E-state index contributed by atoms with van der Waals surface area (Å²) in [5.41, 5.74) is -0.149. The van der Waals surface area contributed by atoms with Crippen molar-refractivity contribution in [1.29, 1.82) is 0 Å². The van der Waals surface area contributed by atoms with Gasteiger partial charge in [0.05, 0.1) is 35.9 Å². The van der Waals surface area contributed by atoms with Crippen LogP contribution < -0.4 is 0 Å². The first-order chi connectivity index (χ1) is 9.43. The van der Waals surface area contributed by atoms with E-state index in [0.717, 1.165) is 6.07 Å². The summed E-state index contributed by atoms with van der Waals surface area (Å²) < 4.78 is 37.4. The molecule has 0 aromatic heterocycles. The van der Waals surface area contributed by atoms with Gasteiger partial charge in [0.25, 0.3) is 0 Å². The molecule has 0 bridgehead atoms. The highest BCUT2D eigenvalue weighted by Gasteiger charge is 2.34. The second kappa shape index (κ2) is 4.26. The fourth-order valence-corrected chi connectivity index (χ4v) is 5.74. The number of carbonyl (C=O) groups is 1. The molecule has 1 unspecified atom stereocenters. The quantitative estimate of drug-likeness (QED) is 0.739. The molecule has 0 saturated heterocycles. The standard InChI is InChI=1S/C13H8O5S2/c14-13(15)8-5-6-10-12(7-8)20(17,18)11-4-2-1-3-9(11)19(10)16/h1-7H,(H,14,15). The Labute approximate surface area is 117 Å². The van der Waals surface area contributed by atoms with E-state index in [1.54, 1.807) is 12.1 Å². The topological polar surface area (TPSA) is 88.5 Å². The van der Waals surface area contributed by atoms with Crippen molar-refractivity contribution in [3.63, 3.8) is 0 Å². The number of hydrogen-bond acceptors (Lipinski definition) is 4. The van der Waals surface area contributed by atoms with Crippen molar-refractivity contribution >= 4 is 26.6 Å². The molecule has 102 valence electrons. The van der Waals surface area contributed by atoms with Gasteiger partial charge in [0.1, 0.15) is 0 Å². The first-order valence-electron chi connectivity index (χ1n) is 5.56. The van der Waals surface area contributed by atoms with Crippen LogP contribution >= 0.6 is 0 Å². The number of carboxylic acids is 1. The summed E-state index contributed by atoms with van der Waals surface area (Å²) in [6, 6.07) is 9.63. The van der Waals surface area contributed by atoms with Crippen LogP contribution in [0.4, 0.5) is 0 Å². The summed E-state index contributed by atoms with van der Waals surface area (Å²) in [5, 5.41) is 8.95. The molecule has 0 aliphatic carbocycles. The SMILES string of the molecule is O=C(O)c1ccc2c(c1)S(=O)(=O)c1ccccc1S2=O. The largest absolute Gasteiger partial charge is 0.478 e. The van der Waals surface area contributed by atoms with Crippen LogP contribution in [0.5, 0.6) is 0 Å². The molecule has 3 rings (SSSR count). The molecule has 7 heteroatoms. The van der Waals surface area contributed by atoms with Crippen molar-refractivity contribution in [2.75, 3.05) is 0 Å². The van der Waals surface area contributed by atoms with Crippen LogP contribution in [0.1, 0.15) is 10.4 Å². The Kier molecular flexibility index (Phi) is 2.77. The molecule has 1 N–H and O–H groups in total. The number of sulfone groups is 1. The van der Waals surface area contributed by atoms with Gasteiger partial charge in [0, 0.05) is 0 Å². The highest BCUT2D eigenvalue weighted by Crippen LogP contribution is 2.38. The van der Waals surface area contributed by atoms with Crippen LogP contribution in [-0.4, -0.2) is 23.7 Å². The van der Waals surface area contributed by atoms with Crippen LogP contribution in [-0.2, 0) is 20.6 Å². The predicted octanol–water partition coefficient (Wildman–Crippen LogP) is 1.70. The lowest BCUT2D eigenvalue weighted by Crippen LogP contribution is -2.16. The Hall–Kier alpha value is -1.99. The highest BCUT2D eigenvalue weighted by atomic mass is 32.2. The van der Waals surface area contributed by atoms with E-state index in [2.05, 4.69) is 0 Å².